The summed E-state index contributed by atoms with van der Waals surface area (Å²) in [6, 6.07) is 1.14. The second kappa shape index (κ2) is 2.98. The van der Waals surface area contributed by atoms with Gasteiger partial charge in [0.05, 0.1) is 0 Å². The van der Waals surface area contributed by atoms with Crippen molar-refractivity contribution in [2.24, 2.45) is 23.0 Å². The van der Waals surface area contributed by atoms with E-state index in [-0.39, 0.29) is 5.54 Å². The summed E-state index contributed by atoms with van der Waals surface area (Å²) in [5, 5.41) is 0. The van der Waals surface area contributed by atoms with E-state index in [1.165, 1.54) is 6.54 Å². The van der Waals surface area contributed by atoms with Crippen molar-refractivity contribution in [1.82, 2.24) is 4.90 Å². The van der Waals surface area contributed by atoms with Crippen LogP contribution < -0.4 is 5.73 Å². The van der Waals surface area contributed by atoms with Gasteiger partial charge in [-0.05, 0) is 38.0 Å². The van der Waals surface area contributed by atoms with Crippen LogP contribution in [0.4, 0.5) is 0 Å². The number of likely N-dealkylation sites (tertiary alicyclic amines) is 1. The molecule has 0 spiro atoms. The first kappa shape index (κ1) is 11.4. The highest BCUT2D eigenvalue weighted by Gasteiger charge is 2.63. The zero-order chi connectivity index (χ0) is 11.6. The minimum absolute atomic E-state index is 0.283. The number of nitrogens with zero attached hydrogens (tertiary/aromatic N) is 1. The van der Waals surface area contributed by atoms with Gasteiger partial charge in [-0.3, -0.25) is 4.90 Å². The van der Waals surface area contributed by atoms with Crippen LogP contribution in [0.1, 0.15) is 41.5 Å². The van der Waals surface area contributed by atoms with Crippen LogP contribution in [0.2, 0.25) is 0 Å². The van der Waals surface area contributed by atoms with E-state index in [1.54, 1.807) is 0 Å². The number of nitrogens with two attached hydrogens (primary N) is 1. The second-order valence-corrected chi connectivity index (χ2v) is 7.45. The van der Waals surface area contributed by atoms with Crippen LogP contribution in [0.15, 0.2) is 0 Å². The third kappa shape index (κ3) is 1.72. The fourth-order valence-corrected chi connectivity index (χ4v) is 3.40. The normalized spacial score (nSPS) is 41.8. The molecule has 88 valence electrons. The molecule has 2 nitrogen and oxygen atoms in total. The number of rotatable bonds is 0. The average Bonchev–Trinajstić information content (AvgIpc) is 2.51. The highest BCUT2D eigenvalue weighted by atomic mass is 15.3. The van der Waals surface area contributed by atoms with Crippen molar-refractivity contribution in [3.05, 3.63) is 0 Å². The van der Waals surface area contributed by atoms with E-state index in [4.69, 9.17) is 5.73 Å². The molecule has 2 N–H and O–H groups in total. The molecular weight excluding hydrogens is 184 g/mol. The van der Waals surface area contributed by atoms with Crippen LogP contribution in [0, 0.1) is 17.3 Å². The number of fused-ring (bicyclic) bond motifs is 1. The lowest BCUT2D eigenvalue weighted by molar-refractivity contribution is 0.0349. The Balaban J connectivity index is 2.22. The number of hydrogen-bond donors (Lipinski definition) is 1. The summed E-state index contributed by atoms with van der Waals surface area (Å²) in [4.78, 5) is 2.67. The Morgan fingerprint density at radius 1 is 1.07 bits per heavy atom. The van der Waals surface area contributed by atoms with Crippen molar-refractivity contribution < 1.29 is 0 Å². The lowest BCUT2D eigenvalue weighted by atomic mass is 9.81. The van der Waals surface area contributed by atoms with Crippen molar-refractivity contribution >= 4 is 0 Å². The minimum atomic E-state index is 0.283. The molecule has 4 atom stereocenters. The molecule has 0 amide bonds. The summed E-state index contributed by atoms with van der Waals surface area (Å²) < 4.78 is 0. The molecule has 1 saturated carbocycles. The van der Waals surface area contributed by atoms with E-state index in [1.807, 2.05) is 0 Å². The van der Waals surface area contributed by atoms with Crippen molar-refractivity contribution in [1.29, 1.82) is 0 Å². The van der Waals surface area contributed by atoms with Gasteiger partial charge in [0.15, 0.2) is 0 Å². The first-order valence-electron chi connectivity index (χ1n) is 6.16. The Bertz CT molecular complexity index is 259. The molecule has 0 radical (unpaired) electrons. The zero-order valence-electron chi connectivity index (χ0n) is 11.0. The first-order chi connectivity index (χ1) is 6.64. The molecule has 2 heteroatoms. The van der Waals surface area contributed by atoms with Gasteiger partial charge in [0.1, 0.15) is 0 Å². The van der Waals surface area contributed by atoms with E-state index in [0.29, 0.717) is 17.5 Å². The van der Waals surface area contributed by atoms with Crippen molar-refractivity contribution in [3.8, 4) is 0 Å². The SMILES string of the molecule is CC(C)(C)[C@@H]1[C@@H]2[C@@H](N)[C@@H]2CN1C(C)(C)C. The van der Waals surface area contributed by atoms with E-state index in [2.05, 4.69) is 46.4 Å². The maximum absolute atomic E-state index is 6.14. The predicted molar refractivity (Wildman–Crippen MR) is 64.7 cm³/mol. The molecule has 15 heavy (non-hydrogen) atoms. The van der Waals surface area contributed by atoms with Crippen molar-refractivity contribution in [3.63, 3.8) is 0 Å². The molecule has 1 heterocycles. The Hall–Kier alpha value is -0.0800. The molecule has 0 unspecified atom stereocenters. The molecular formula is C13H26N2. The third-order valence-electron chi connectivity index (χ3n) is 4.15. The zero-order valence-corrected chi connectivity index (χ0v) is 11.0. The number of piperidine rings is 1. The van der Waals surface area contributed by atoms with Gasteiger partial charge in [-0.25, -0.2) is 0 Å². The van der Waals surface area contributed by atoms with Crippen LogP contribution in [-0.2, 0) is 0 Å². The summed E-state index contributed by atoms with van der Waals surface area (Å²) in [5.74, 6) is 1.53. The summed E-state index contributed by atoms with van der Waals surface area (Å²) in [6.45, 7) is 15.2. The van der Waals surface area contributed by atoms with Gasteiger partial charge in [0.2, 0.25) is 0 Å². The van der Waals surface area contributed by atoms with Crippen LogP contribution in [0.5, 0.6) is 0 Å². The standard InChI is InChI=1S/C13H26N2/c1-12(2,3)11-9-8(10(9)14)7-15(11)13(4,5)6/h8-11H,7,14H2,1-6H3/t8-,9+,10+,11+/m1/s1. The average molecular weight is 210 g/mol. The molecule has 1 aliphatic heterocycles. The van der Waals surface area contributed by atoms with Gasteiger partial charge < -0.3 is 5.73 Å². The van der Waals surface area contributed by atoms with Gasteiger partial charge in [0.25, 0.3) is 0 Å². The van der Waals surface area contributed by atoms with Crippen molar-refractivity contribution in [2.45, 2.75) is 59.2 Å². The molecule has 1 saturated heterocycles. The van der Waals surface area contributed by atoms with Crippen LogP contribution in [-0.4, -0.2) is 29.1 Å². The Morgan fingerprint density at radius 2 is 1.60 bits per heavy atom. The first-order valence-corrected chi connectivity index (χ1v) is 6.16. The largest absolute Gasteiger partial charge is 0.327 e. The molecule has 0 aromatic rings. The Labute approximate surface area is 94.2 Å². The minimum Gasteiger partial charge on any atom is -0.327 e. The van der Waals surface area contributed by atoms with Gasteiger partial charge in [-0.2, -0.15) is 0 Å². The molecule has 2 rings (SSSR count). The maximum atomic E-state index is 6.14. The van der Waals surface area contributed by atoms with Crippen molar-refractivity contribution in [2.75, 3.05) is 6.54 Å². The molecule has 0 bridgehead atoms. The topological polar surface area (TPSA) is 29.3 Å². The lowest BCUT2D eigenvalue weighted by Crippen LogP contribution is -2.53. The third-order valence-corrected chi connectivity index (χ3v) is 4.15. The van der Waals surface area contributed by atoms with Crippen LogP contribution >= 0.6 is 0 Å². The molecule has 2 aliphatic rings. The molecule has 0 aromatic carbocycles. The monoisotopic (exact) mass is 210 g/mol. The predicted octanol–water partition coefficient (Wildman–Crippen LogP) is 2.09. The van der Waals surface area contributed by atoms with Gasteiger partial charge >= 0.3 is 0 Å². The molecule has 0 aromatic heterocycles. The number of hydrogen-bond acceptors (Lipinski definition) is 2. The van der Waals surface area contributed by atoms with Gasteiger partial charge in [0, 0.05) is 24.2 Å². The van der Waals surface area contributed by atoms with Gasteiger partial charge in [-0.15, -0.1) is 0 Å². The summed E-state index contributed by atoms with van der Waals surface area (Å²) >= 11 is 0. The van der Waals surface area contributed by atoms with E-state index in [0.717, 1.165) is 11.8 Å². The highest BCUT2D eigenvalue weighted by Crippen LogP contribution is 2.55. The van der Waals surface area contributed by atoms with E-state index in [9.17, 15) is 0 Å². The van der Waals surface area contributed by atoms with Crippen LogP contribution in [0.25, 0.3) is 0 Å². The van der Waals surface area contributed by atoms with E-state index >= 15 is 0 Å². The second-order valence-electron chi connectivity index (χ2n) is 7.45. The molecule has 2 fully saturated rings. The lowest BCUT2D eigenvalue weighted by Gasteiger charge is -2.45. The fraction of sp³-hybridized carbons (Fsp3) is 1.00. The van der Waals surface area contributed by atoms with Gasteiger partial charge in [-0.1, -0.05) is 20.8 Å². The smallest absolute Gasteiger partial charge is 0.0196 e. The van der Waals surface area contributed by atoms with E-state index < -0.39 is 0 Å². The Morgan fingerprint density at radius 3 is 2.00 bits per heavy atom. The summed E-state index contributed by atoms with van der Waals surface area (Å²) in [7, 11) is 0. The maximum Gasteiger partial charge on any atom is 0.0196 e. The van der Waals surface area contributed by atoms with Crippen LogP contribution in [0.3, 0.4) is 0 Å². The highest BCUT2D eigenvalue weighted by molar-refractivity contribution is 5.17. The molecule has 1 aliphatic carbocycles. The summed E-state index contributed by atoms with van der Waals surface area (Å²) in [5.41, 5.74) is 6.77. The summed E-state index contributed by atoms with van der Waals surface area (Å²) in [6.07, 6.45) is 0. The quantitative estimate of drug-likeness (QED) is 0.663. The Kier molecular flexibility index (Phi) is 2.27. The fourth-order valence-electron chi connectivity index (χ4n) is 3.40.